The van der Waals surface area contributed by atoms with Gasteiger partial charge in [0.2, 0.25) is 0 Å². The molecule has 0 aromatic rings. The zero-order valence-electron chi connectivity index (χ0n) is 11.3. The predicted octanol–water partition coefficient (Wildman–Crippen LogP) is 1.31. The van der Waals surface area contributed by atoms with E-state index in [0.29, 0.717) is 6.04 Å². The number of aliphatic hydroxyl groups excluding tert-OH is 1. The van der Waals surface area contributed by atoms with Gasteiger partial charge in [-0.1, -0.05) is 0 Å². The van der Waals surface area contributed by atoms with E-state index in [1.54, 1.807) is 0 Å². The molecular weight excluding hydrogens is 200 g/mol. The number of piperazine rings is 3. The van der Waals surface area contributed by atoms with Crippen LogP contribution in [-0.4, -0.2) is 57.8 Å². The molecule has 5 atom stereocenters. The summed E-state index contributed by atoms with van der Waals surface area (Å²) in [6, 6.07) is 0.644. The highest BCUT2D eigenvalue weighted by Crippen LogP contribution is 2.44. The summed E-state index contributed by atoms with van der Waals surface area (Å²) in [4.78, 5) is 5.21. The Balaban J connectivity index is 2.31. The van der Waals surface area contributed by atoms with E-state index in [0.717, 1.165) is 19.5 Å². The summed E-state index contributed by atoms with van der Waals surface area (Å²) in [7, 11) is 0. The quantitative estimate of drug-likeness (QED) is 0.769. The molecule has 0 radical (unpaired) electrons. The predicted molar refractivity (Wildman–Crippen MR) is 66.5 cm³/mol. The van der Waals surface area contributed by atoms with E-state index in [1.165, 1.54) is 6.54 Å². The first kappa shape index (κ1) is 12.3. The van der Waals surface area contributed by atoms with Crippen molar-refractivity contribution in [1.82, 2.24) is 9.80 Å². The summed E-state index contributed by atoms with van der Waals surface area (Å²) in [6.07, 6.45) is 0.642. The van der Waals surface area contributed by atoms with E-state index < -0.39 is 0 Å². The minimum absolute atomic E-state index is 0.103. The molecule has 3 heterocycles. The molecule has 3 aliphatic heterocycles. The second kappa shape index (κ2) is 3.69. The molecule has 3 aliphatic rings. The lowest BCUT2D eigenvalue weighted by Crippen LogP contribution is -2.80. The van der Waals surface area contributed by atoms with Crippen molar-refractivity contribution >= 4 is 0 Å². The topological polar surface area (TPSA) is 26.7 Å². The summed E-state index contributed by atoms with van der Waals surface area (Å²) in [5, 5.41) is 9.75. The Morgan fingerprint density at radius 1 is 1.31 bits per heavy atom. The smallest absolute Gasteiger partial charge is 0.0530 e. The van der Waals surface area contributed by atoms with Gasteiger partial charge in [-0.15, -0.1) is 0 Å². The number of aliphatic hydroxyl groups is 1. The van der Waals surface area contributed by atoms with Crippen molar-refractivity contribution in [3.05, 3.63) is 0 Å². The van der Waals surface area contributed by atoms with Gasteiger partial charge in [0.05, 0.1) is 6.10 Å². The lowest BCUT2D eigenvalue weighted by atomic mass is 9.70. The number of hydrogen-bond donors (Lipinski definition) is 1. The van der Waals surface area contributed by atoms with Crippen LogP contribution in [0.4, 0.5) is 0 Å². The highest BCUT2D eigenvalue weighted by Gasteiger charge is 2.56. The van der Waals surface area contributed by atoms with Gasteiger partial charge in [-0.25, -0.2) is 0 Å². The zero-order chi connectivity index (χ0) is 12.1. The maximum Gasteiger partial charge on any atom is 0.0530 e. The van der Waals surface area contributed by atoms with Gasteiger partial charge >= 0.3 is 0 Å². The Hall–Kier alpha value is -0.120. The molecule has 1 N–H and O–H groups in total. The van der Waals surface area contributed by atoms with E-state index in [1.807, 2.05) is 6.92 Å². The Morgan fingerprint density at radius 3 is 2.38 bits per heavy atom. The van der Waals surface area contributed by atoms with Crippen LogP contribution in [-0.2, 0) is 0 Å². The van der Waals surface area contributed by atoms with Gasteiger partial charge in [-0.05, 0) is 41.0 Å². The summed E-state index contributed by atoms with van der Waals surface area (Å²) in [6.45, 7) is 14.7. The van der Waals surface area contributed by atoms with Crippen LogP contribution in [0.3, 0.4) is 0 Å². The second-order valence-corrected chi connectivity index (χ2v) is 6.37. The molecule has 0 aromatic heterocycles. The van der Waals surface area contributed by atoms with Crippen LogP contribution in [0, 0.1) is 0 Å². The van der Waals surface area contributed by atoms with Crippen LogP contribution in [0.1, 0.15) is 41.0 Å². The Kier molecular flexibility index (Phi) is 2.84. The number of fused-ring (bicyclic) bond motifs is 3. The summed E-state index contributed by atoms with van der Waals surface area (Å²) in [5.41, 5.74) is 0.256. The molecule has 3 heteroatoms. The van der Waals surface area contributed by atoms with E-state index >= 15 is 0 Å². The molecule has 94 valence electrons. The molecule has 0 amide bonds. The van der Waals surface area contributed by atoms with Gasteiger partial charge in [-0.3, -0.25) is 9.80 Å². The molecule has 0 aliphatic carbocycles. The van der Waals surface area contributed by atoms with Crippen LogP contribution in [0.5, 0.6) is 0 Å². The van der Waals surface area contributed by atoms with Gasteiger partial charge < -0.3 is 5.11 Å². The van der Waals surface area contributed by atoms with Gasteiger partial charge in [0, 0.05) is 36.8 Å². The maximum atomic E-state index is 9.75. The van der Waals surface area contributed by atoms with Crippen molar-refractivity contribution in [3.63, 3.8) is 0 Å². The summed E-state index contributed by atoms with van der Waals surface area (Å²) in [5.74, 6) is 0. The lowest BCUT2D eigenvalue weighted by Gasteiger charge is -2.67. The fourth-order valence-corrected chi connectivity index (χ4v) is 3.89. The van der Waals surface area contributed by atoms with Crippen molar-refractivity contribution in [3.8, 4) is 0 Å². The van der Waals surface area contributed by atoms with Crippen LogP contribution >= 0.6 is 0 Å². The first-order valence-electron chi connectivity index (χ1n) is 6.49. The third-order valence-corrected chi connectivity index (χ3v) is 5.05. The molecule has 2 bridgehead atoms. The van der Waals surface area contributed by atoms with Crippen molar-refractivity contribution in [2.75, 3.05) is 19.6 Å². The Morgan fingerprint density at radius 2 is 1.94 bits per heavy atom. The summed E-state index contributed by atoms with van der Waals surface area (Å²) >= 11 is 0. The van der Waals surface area contributed by atoms with Crippen molar-refractivity contribution in [2.45, 2.75) is 64.3 Å². The highest BCUT2D eigenvalue weighted by molar-refractivity contribution is 5.14. The first-order valence-corrected chi connectivity index (χ1v) is 6.49. The Labute approximate surface area is 99.4 Å². The fraction of sp³-hybridized carbons (Fsp3) is 1.00. The normalized spacial score (nSPS) is 48.0. The van der Waals surface area contributed by atoms with Crippen molar-refractivity contribution in [2.24, 2.45) is 0 Å². The van der Waals surface area contributed by atoms with Crippen LogP contribution < -0.4 is 0 Å². The van der Waals surface area contributed by atoms with Crippen LogP contribution in [0.15, 0.2) is 0 Å². The second-order valence-electron chi connectivity index (χ2n) is 6.37. The SMILES string of the molecule is CC(O)CC1(C)N2CCN(C(C)C2)C1(C)C. The van der Waals surface area contributed by atoms with Crippen molar-refractivity contribution in [1.29, 1.82) is 0 Å². The third kappa shape index (κ3) is 1.52. The molecule has 16 heavy (non-hydrogen) atoms. The maximum absolute atomic E-state index is 9.75. The molecule has 0 aromatic carbocycles. The fourth-order valence-electron chi connectivity index (χ4n) is 3.89. The molecule has 3 nitrogen and oxygen atoms in total. The number of hydrogen-bond acceptors (Lipinski definition) is 3. The molecule has 3 fully saturated rings. The van der Waals surface area contributed by atoms with Gasteiger partial charge in [-0.2, -0.15) is 0 Å². The first-order chi connectivity index (χ1) is 7.29. The minimum Gasteiger partial charge on any atom is -0.393 e. The number of nitrogens with zero attached hydrogens (tertiary/aromatic N) is 2. The molecule has 0 saturated carbocycles. The molecule has 3 rings (SSSR count). The zero-order valence-corrected chi connectivity index (χ0v) is 11.3. The molecule has 3 saturated heterocycles. The van der Waals surface area contributed by atoms with Gasteiger partial charge in [0.15, 0.2) is 0 Å². The monoisotopic (exact) mass is 226 g/mol. The van der Waals surface area contributed by atoms with E-state index in [4.69, 9.17) is 0 Å². The average Bonchev–Trinajstić information content (AvgIpc) is 2.13. The lowest BCUT2D eigenvalue weighted by molar-refractivity contribution is -0.172. The van der Waals surface area contributed by atoms with Crippen LogP contribution in [0.25, 0.3) is 0 Å². The standard InChI is InChI=1S/C13H26N2O/c1-10-9-14-6-7-15(10)12(3,4)13(14,5)8-11(2)16/h10-11,16H,6-9H2,1-5H3. The summed E-state index contributed by atoms with van der Waals surface area (Å²) < 4.78 is 0. The minimum atomic E-state index is -0.222. The Bertz CT molecular complexity index is 277. The van der Waals surface area contributed by atoms with Gasteiger partial charge in [0.25, 0.3) is 0 Å². The molecule has 5 unspecified atom stereocenters. The van der Waals surface area contributed by atoms with E-state index in [2.05, 4.69) is 37.5 Å². The molecule has 0 spiro atoms. The number of rotatable bonds is 2. The highest BCUT2D eigenvalue weighted by atomic mass is 16.3. The van der Waals surface area contributed by atoms with Crippen molar-refractivity contribution < 1.29 is 5.11 Å². The van der Waals surface area contributed by atoms with Crippen LogP contribution in [0.2, 0.25) is 0 Å². The third-order valence-electron chi connectivity index (χ3n) is 5.05. The largest absolute Gasteiger partial charge is 0.393 e. The molecular formula is C13H26N2O. The van der Waals surface area contributed by atoms with E-state index in [-0.39, 0.29) is 17.2 Å². The average molecular weight is 226 g/mol. The van der Waals surface area contributed by atoms with Gasteiger partial charge in [0.1, 0.15) is 0 Å². The van der Waals surface area contributed by atoms with E-state index in [9.17, 15) is 5.11 Å².